The minimum Gasteiger partial charge on any atom is -0.481 e. The lowest BCUT2D eigenvalue weighted by Crippen LogP contribution is -2.36. The van der Waals surface area contributed by atoms with Crippen LogP contribution in [-0.2, 0) is 9.59 Å². The van der Waals surface area contributed by atoms with E-state index in [0.29, 0.717) is 16.3 Å². The lowest BCUT2D eigenvalue weighted by atomic mass is 10.1. The fraction of sp³-hybridized carbons (Fsp3) is 0.190. The summed E-state index contributed by atoms with van der Waals surface area (Å²) in [6, 6.07) is 12.7. The molecule has 144 valence electrons. The highest BCUT2D eigenvalue weighted by atomic mass is 35.5. The highest BCUT2D eigenvalue weighted by Gasteiger charge is 2.11. The van der Waals surface area contributed by atoms with Gasteiger partial charge in [-0.3, -0.25) is 14.6 Å². The Morgan fingerprint density at radius 1 is 1.04 bits per heavy atom. The number of pyridine rings is 1. The largest absolute Gasteiger partial charge is 0.481 e. The Labute approximate surface area is 167 Å². The van der Waals surface area contributed by atoms with Gasteiger partial charge in [0.1, 0.15) is 11.3 Å². The number of nitrogens with one attached hydrogen (secondary N) is 2. The molecule has 1 heterocycles. The summed E-state index contributed by atoms with van der Waals surface area (Å²) in [5.74, 6) is -0.254. The summed E-state index contributed by atoms with van der Waals surface area (Å²) in [4.78, 5) is 28.4. The number of aromatic nitrogens is 1. The second-order valence-corrected chi connectivity index (χ2v) is 6.73. The maximum absolute atomic E-state index is 12.1. The van der Waals surface area contributed by atoms with Crippen LogP contribution in [0.4, 0.5) is 5.69 Å². The minimum atomic E-state index is -0.407. The van der Waals surface area contributed by atoms with E-state index in [-0.39, 0.29) is 19.1 Å². The number of rotatable bonds is 6. The lowest BCUT2D eigenvalue weighted by molar-refractivity contribution is -0.125. The van der Waals surface area contributed by atoms with E-state index in [4.69, 9.17) is 16.3 Å². The van der Waals surface area contributed by atoms with Crippen LogP contribution in [0, 0.1) is 13.8 Å². The Morgan fingerprint density at radius 2 is 1.79 bits per heavy atom. The smallest absolute Gasteiger partial charge is 0.258 e. The van der Waals surface area contributed by atoms with Gasteiger partial charge in [-0.1, -0.05) is 29.8 Å². The number of fused-ring (bicyclic) bond motifs is 1. The van der Waals surface area contributed by atoms with Crippen molar-refractivity contribution in [2.45, 2.75) is 13.8 Å². The predicted octanol–water partition coefficient (Wildman–Crippen LogP) is 3.64. The van der Waals surface area contributed by atoms with E-state index < -0.39 is 5.91 Å². The molecule has 0 atom stereocenters. The molecule has 0 spiro atoms. The van der Waals surface area contributed by atoms with Crippen LogP contribution >= 0.6 is 11.6 Å². The van der Waals surface area contributed by atoms with Gasteiger partial charge in [0.15, 0.2) is 6.61 Å². The first-order valence-corrected chi connectivity index (χ1v) is 9.12. The number of aryl methyl sites for hydroxylation is 2. The zero-order valence-corrected chi connectivity index (χ0v) is 16.3. The fourth-order valence-corrected chi connectivity index (χ4v) is 3.01. The number of amides is 2. The summed E-state index contributed by atoms with van der Waals surface area (Å²) >= 11 is 6.15. The Morgan fingerprint density at radius 3 is 2.54 bits per heavy atom. The van der Waals surface area contributed by atoms with Crippen molar-refractivity contribution in [3.05, 3.63) is 64.8 Å². The van der Waals surface area contributed by atoms with Gasteiger partial charge in [-0.25, -0.2) is 0 Å². The molecule has 6 nitrogen and oxygen atoms in total. The van der Waals surface area contributed by atoms with Crippen LogP contribution in [0.2, 0.25) is 5.02 Å². The van der Waals surface area contributed by atoms with Crippen LogP contribution in [0.3, 0.4) is 0 Å². The molecule has 0 saturated heterocycles. The van der Waals surface area contributed by atoms with Gasteiger partial charge in [-0.05, 0) is 49.2 Å². The third kappa shape index (κ3) is 4.58. The van der Waals surface area contributed by atoms with E-state index in [1.54, 1.807) is 24.4 Å². The molecule has 0 bridgehead atoms. The number of benzene rings is 2. The summed E-state index contributed by atoms with van der Waals surface area (Å²) in [5, 5.41) is 6.67. The molecule has 1 aromatic heterocycles. The third-order valence-corrected chi connectivity index (χ3v) is 4.56. The number of anilines is 1. The molecule has 2 amide bonds. The molecular weight excluding hydrogens is 378 g/mol. The Hall–Kier alpha value is -3.12. The number of nitrogens with zero attached hydrogens (tertiary/aromatic N) is 1. The number of ether oxygens (including phenoxy) is 1. The minimum absolute atomic E-state index is 0.143. The average Bonchev–Trinajstić information content (AvgIpc) is 2.69. The summed E-state index contributed by atoms with van der Waals surface area (Å²) in [6.45, 7) is 3.46. The van der Waals surface area contributed by atoms with Gasteiger partial charge < -0.3 is 15.4 Å². The van der Waals surface area contributed by atoms with Crippen molar-refractivity contribution < 1.29 is 14.3 Å². The van der Waals surface area contributed by atoms with Gasteiger partial charge in [-0.2, -0.15) is 0 Å². The van der Waals surface area contributed by atoms with Crippen LogP contribution in [0.25, 0.3) is 10.9 Å². The van der Waals surface area contributed by atoms with E-state index in [1.165, 1.54) is 0 Å². The fourth-order valence-electron chi connectivity index (χ4n) is 2.80. The van der Waals surface area contributed by atoms with Crippen LogP contribution in [0.5, 0.6) is 5.75 Å². The summed E-state index contributed by atoms with van der Waals surface area (Å²) in [5.41, 5.74) is 3.27. The van der Waals surface area contributed by atoms with E-state index in [9.17, 15) is 9.59 Å². The molecule has 7 heteroatoms. The number of hydrogen-bond acceptors (Lipinski definition) is 4. The van der Waals surface area contributed by atoms with E-state index in [0.717, 1.165) is 22.2 Å². The maximum Gasteiger partial charge on any atom is 0.258 e. The molecule has 2 N–H and O–H groups in total. The molecule has 0 saturated carbocycles. The molecule has 0 radical (unpaired) electrons. The first kappa shape index (κ1) is 19.6. The Kier molecular flexibility index (Phi) is 6.11. The van der Waals surface area contributed by atoms with Crippen molar-refractivity contribution in [3.63, 3.8) is 0 Å². The normalized spacial score (nSPS) is 10.5. The maximum atomic E-state index is 12.1. The first-order valence-electron chi connectivity index (χ1n) is 8.74. The van der Waals surface area contributed by atoms with Gasteiger partial charge in [-0.15, -0.1) is 0 Å². The molecule has 3 aromatic rings. The average molecular weight is 398 g/mol. The van der Waals surface area contributed by atoms with Crippen LogP contribution in [0.15, 0.2) is 48.7 Å². The lowest BCUT2D eigenvalue weighted by Gasteiger charge is -2.12. The van der Waals surface area contributed by atoms with Crippen molar-refractivity contribution >= 4 is 40.0 Å². The van der Waals surface area contributed by atoms with Crippen LogP contribution < -0.4 is 15.4 Å². The zero-order valence-electron chi connectivity index (χ0n) is 15.6. The number of carbonyl (C=O) groups excluding carboxylic acids is 2. The standard InChI is InChI=1S/C21H20ClN3O3/c1-13-5-3-6-14(2)20(13)25-18(26)11-24-19(27)12-28-17-9-8-16(22)15-7-4-10-23-21(15)17/h3-10H,11-12H2,1-2H3,(H,24,27)(H,25,26). The molecule has 28 heavy (non-hydrogen) atoms. The van der Waals surface area contributed by atoms with Gasteiger partial charge >= 0.3 is 0 Å². The third-order valence-electron chi connectivity index (χ3n) is 4.23. The molecule has 0 aliphatic carbocycles. The van der Waals surface area contributed by atoms with E-state index >= 15 is 0 Å². The predicted molar refractivity (Wildman–Crippen MR) is 110 cm³/mol. The van der Waals surface area contributed by atoms with Crippen LogP contribution in [0.1, 0.15) is 11.1 Å². The van der Waals surface area contributed by atoms with Gasteiger partial charge in [0.2, 0.25) is 5.91 Å². The van der Waals surface area contributed by atoms with E-state index in [1.807, 2.05) is 38.1 Å². The summed E-state index contributed by atoms with van der Waals surface area (Å²) in [7, 11) is 0. The molecule has 0 aliphatic rings. The highest BCUT2D eigenvalue weighted by molar-refractivity contribution is 6.35. The number of para-hydroxylation sites is 1. The first-order chi connectivity index (χ1) is 13.5. The molecule has 0 aliphatic heterocycles. The molecule has 0 fully saturated rings. The monoisotopic (exact) mass is 397 g/mol. The van der Waals surface area contributed by atoms with Gasteiger partial charge in [0, 0.05) is 17.3 Å². The highest BCUT2D eigenvalue weighted by Crippen LogP contribution is 2.29. The summed E-state index contributed by atoms with van der Waals surface area (Å²) < 4.78 is 5.56. The topological polar surface area (TPSA) is 80.3 Å². The Balaban J connectivity index is 1.54. The van der Waals surface area contributed by atoms with Gasteiger partial charge in [0.05, 0.1) is 11.6 Å². The number of carbonyl (C=O) groups is 2. The molecular formula is C21H20ClN3O3. The van der Waals surface area contributed by atoms with Crippen molar-refractivity contribution in [3.8, 4) is 5.75 Å². The van der Waals surface area contributed by atoms with E-state index in [2.05, 4.69) is 15.6 Å². The van der Waals surface area contributed by atoms with Crippen molar-refractivity contribution in [2.24, 2.45) is 0 Å². The second kappa shape index (κ2) is 8.71. The van der Waals surface area contributed by atoms with Gasteiger partial charge in [0.25, 0.3) is 5.91 Å². The SMILES string of the molecule is Cc1cccc(C)c1NC(=O)CNC(=O)COc1ccc(Cl)c2cccnc12. The molecule has 3 rings (SSSR count). The van der Waals surface area contributed by atoms with Crippen molar-refractivity contribution in [1.29, 1.82) is 0 Å². The number of hydrogen-bond donors (Lipinski definition) is 2. The molecule has 0 unspecified atom stereocenters. The number of halogens is 1. The second-order valence-electron chi connectivity index (χ2n) is 6.33. The van der Waals surface area contributed by atoms with Crippen molar-refractivity contribution in [2.75, 3.05) is 18.5 Å². The van der Waals surface area contributed by atoms with Crippen LogP contribution in [-0.4, -0.2) is 29.9 Å². The quantitative estimate of drug-likeness (QED) is 0.665. The Bertz CT molecular complexity index is 1020. The zero-order chi connectivity index (χ0) is 20.1. The van der Waals surface area contributed by atoms with Crippen molar-refractivity contribution in [1.82, 2.24) is 10.3 Å². The molecule has 2 aromatic carbocycles. The summed E-state index contributed by atoms with van der Waals surface area (Å²) in [6.07, 6.45) is 1.63.